The summed E-state index contributed by atoms with van der Waals surface area (Å²) in [6.45, 7) is 4.15. The summed E-state index contributed by atoms with van der Waals surface area (Å²) in [5.41, 5.74) is 1.77. The van der Waals surface area contributed by atoms with Crippen LogP contribution in [0.3, 0.4) is 0 Å². The van der Waals surface area contributed by atoms with E-state index in [0.717, 1.165) is 10.7 Å². The van der Waals surface area contributed by atoms with Crippen molar-refractivity contribution in [3.8, 4) is 0 Å². The third-order valence-corrected chi connectivity index (χ3v) is 4.01. The minimum Gasteiger partial charge on any atom is -0.478 e. The molecule has 0 aromatic carbocycles. The fourth-order valence-electron chi connectivity index (χ4n) is 1.38. The third kappa shape index (κ3) is 2.62. The number of carbonyl (C=O) groups is 1. The summed E-state index contributed by atoms with van der Waals surface area (Å²) in [4.78, 5) is 15.3. The monoisotopic (exact) mass is 269 g/mol. The van der Waals surface area contributed by atoms with Gasteiger partial charge in [0.1, 0.15) is 15.6 Å². The van der Waals surface area contributed by atoms with Crippen molar-refractivity contribution in [2.45, 2.75) is 20.4 Å². The zero-order chi connectivity index (χ0) is 12.4. The molecule has 2 rings (SSSR count). The van der Waals surface area contributed by atoms with Crippen LogP contribution in [0.1, 0.15) is 26.8 Å². The maximum Gasteiger partial charge on any atom is 0.340 e. The molecule has 7 heteroatoms. The third-order valence-electron chi connectivity index (χ3n) is 2.14. The molecule has 0 radical (unpaired) electrons. The van der Waals surface area contributed by atoms with Crippen LogP contribution in [0.4, 0.5) is 5.00 Å². The molecule has 17 heavy (non-hydrogen) atoms. The molecule has 2 heterocycles. The zero-order valence-electron chi connectivity index (χ0n) is 9.35. The first kappa shape index (κ1) is 12.0. The van der Waals surface area contributed by atoms with Crippen LogP contribution >= 0.6 is 22.9 Å². The molecule has 0 amide bonds. The Kier molecular flexibility index (Phi) is 3.39. The van der Waals surface area contributed by atoms with E-state index in [0.29, 0.717) is 17.2 Å². The Morgan fingerprint density at radius 1 is 1.53 bits per heavy atom. The molecule has 0 bridgehead atoms. The number of nitrogens with one attached hydrogen (secondary N) is 1. The van der Waals surface area contributed by atoms with Gasteiger partial charge in [-0.15, -0.1) is 11.3 Å². The predicted molar refractivity (Wildman–Crippen MR) is 68.0 cm³/mol. The van der Waals surface area contributed by atoms with Gasteiger partial charge in [-0.05, 0) is 25.4 Å². The van der Waals surface area contributed by atoms with E-state index in [1.54, 1.807) is 18.3 Å². The Morgan fingerprint density at radius 3 is 2.88 bits per heavy atom. The summed E-state index contributed by atoms with van der Waals surface area (Å²) in [5, 5.41) is 15.6. The van der Waals surface area contributed by atoms with Crippen molar-refractivity contribution in [2.24, 2.45) is 0 Å². The van der Waals surface area contributed by atoms with E-state index in [2.05, 4.69) is 14.7 Å². The Hall–Kier alpha value is -1.47. The zero-order valence-corrected chi connectivity index (χ0v) is 11.0. The number of carboxylic acid groups (broad SMARTS) is 1. The van der Waals surface area contributed by atoms with Gasteiger partial charge in [-0.1, -0.05) is 0 Å². The SMILES string of the molecule is Cc1csc(CNc2snc(C)c2C(=O)O)n1. The molecule has 0 aliphatic carbocycles. The summed E-state index contributed by atoms with van der Waals surface area (Å²) in [7, 11) is 0. The molecule has 0 unspecified atom stereocenters. The molecule has 5 nitrogen and oxygen atoms in total. The Bertz CT molecular complexity index is 547. The highest BCUT2D eigenvalue weighted by Crippen LogP contribution is 2.25. The topological polar surface area (TPSA) is 75.1 Å². The van der Waals surface area contributed by atoms with E-state index < -0.39 is 5.97 Å². The first-order valence-corrected chi connectivity index (χ1v) is 6.57. The van der Waals surface area contributed by atoms with Crippen molar-refractivity contribution in [1.29, 1.82) is 0 Å². The van der Waals surface area contributed by atoms with E-state index in [1.165, 1.54) is 11.5 Å². The van der Waals surface area contributed by atoms with E-state index >= 15 is 0 Å². The standard InChI is InChI=1S/C10H11N3O2S2/c1-5-4-16-7(12-5)3-11-9-8(10(14)15)6(2)13-17-9/h4,11H,3H2,1-2H3,(H,14,15). The second-order valence-corrected chi connectivity index (χ2v) is 5.23. The van der Waals surface area contributed by atoms with Gasteiger partial charge in [0.2, 0.25) is 0 Å². The number of aryl methyl sites for hydroxylation is 2. The van der Waals surface area contributed by atoms with Gasteiger partial charge in [0.15, 0.2) is 0 Å². The number of thiazole rings is 1. The van der Waals surface area contributed by atoms with Gasteiger partial charge in [0.05, 0.1) is 12.2 Å². The first-order chi connectivity index (χ1) is 8.08. The molecule has 2 aromatic rings. The van der Waals surface area contributed by atoms with Crippen LogP contribution in [0.2, 0.25) is 0 Å². The lowest BCUT2D eigenvalue weighted by Crippen LogP contribution is -2.04. The molecule has 0 aliphatic rings. The highest BCUT2D eigenvalue weighted by atomic mass is 32.1. The Morgan fingerprint density at radius 2 is 2.29 bits per heavy atom. The van der Waals surface area contributed by atoms with Gasteiger partial charge < -0.3 is 10.4 Å². The van der Waals surface area contributed by atoms with Crippen molar-refractivity contribution >= 4 is 33.8 Å². The molecule has 90 valence electrons. The molecule has 0 aliphatic heterocycles. The summed E-state index contributed by atoms with van der Waals surface area (Å²) >= 11 is 2.72. The van der Waals surface area contributed by atoms with Crippen molar-refractivity contribution in [3.63, 3.8) is 0 Å². The fourth-order valence-corrected chi connectivity index (χ4v) is 2.88. The highest BCUT2D eigenvalue weighted by Gasteiger charge is 2.17. The van der Waals surface area contributed by atoms with Crippen molar-refractivity contribution in [3.05, 3.63) is 27.3 Å². The van der Waals surface area contributed by atoms with Gasteiger partial charge in [-0.3, -0.25) is 0 Å². The van der Waals surface area contributed by atoms with Gasteiger partial charge in [-0.2, -0.15) is 4.37 Å². The molecular formula is C10H11N3O2S2. The van der Waals surface area contributed by atoms with Gasteiger partial charge in [0, 0.05) is 11.1 Å². The van der Waals surface area contributed by atoms with Crippen LogP contribution in [-0.4, -0.2) is 20.4 Å². The number of hydrogen-bond donors (Lipinski definition) is 2. The number of hydrogen-bond acceptors (Lipinski definition) is 6. The van der Waals surface area contributed by atoms with E-state index in [9.17, 15) is 4.79 Å². The summed E-state index contributed by atoms with van der Waals surface area (Å²) in [5.74, 6) is -0.950. The molecule has 2 N–H and O–H groups in total. The predicted octanol–water partition coefficient (Wildman–Crippen LogP) is 2.53. The first-order valence-electron chi connectivity index (χ1n) is 4.92. The number of anilines is 1. The lowest BCUT2D eigenvalue weighted by molar-refractivity contribution is 0.0697. The molecule has 2 aromatic heterocycles. The Balaban J connectivity index is 2.11. The number of rotatable bonds is 4. The average molecular weight is 269 g/mol. The van der Waals surface area contributed by atoms with Gasteiger partial charge in [0.25, 0.3) is 0 Å². The molecule has 0 spiro atoms. The maximum atomic E-state index is 11.0. The molecular weight excluding hydrogens is 258 g/mol. The minimum atomic E-state index is -0.950. The highest BCUT2D eigenvalue weighted by molar-refractivity contribution is 7.11. The lowest BCUT2D eigenvalue weighted by Gasteiger charge is -2.01. The number of nitrogens with zero attached hydrogens (tertiary/aromatic N) is 2. The Labute approximate surface area is 106 Å². The van der Waals surface area contributed by atoms with Crippen LogP contribution in [0.5, 0.6) is 0 Å². The molecule has 0 saturated heterocycles. The van der Waals surface area contributed by atoms with Crippen LogP contribution in [-0.2, 0) is 6.54 Å². The van der Waals surface area contributed by atoms with Crippen molar-refractivity contribution in [1.82, 2.24) is 9.36 Å². The van der Waals surface area contributed by atoms with Crippen LogP contribution < -0.4 is 5.32 Å². The van der Waals surface area contributed by atoms with E-state index in [1.807, 2.05) is 12.3 Å². The van der Waals surface area contributed by atoms with Crippen LogP contribution in [0.25, 0.3) is 0 Å². The van der Waals surface area contributed by atoms with Gasteiger partial charge >= 0.3 is 5.97 Å². The summed E-state index contributed by atoms with van der Waals surface area (Å²) in [6, 6.07) is 0. The summed E-state index contributed by atoms with van der Waals surface area (Å²) < 4.78 is 4.04. The second-order valence-electron chi connectivity index (χ2n) is 3.51. The fraction of sp³-hybridized carbons (Fsp3) is 0.300. The van der Waals surface area contributed by atoms with Crippen LogP contribution in [0, 0.1) is 13.8 Å². The van der Waals surface area contributed by atoms with Crippen LogP contribution in [0.15, 0.2) is 5.38 Å². The molecule has 0 saturated carbocycles. The maximum absolute atomic E-state index is 11.0. The number of carboxylic acids is 1. The normalized spacial score (nSPS) is 10.5. The summed E-state index contributed by atoms with van der Waals surface area (Å²) in [6.07, 6.45) is 0. The largest absolute Gasteiger partial charge is 0.478 e. The molecule has 0 fully saturated rings. The smallest absolute Gasteiger partial charge is 0.340 e. The molecule has 0 atom stereocenters. The average Bonchev–Trinajstić information content (AvgIpc) is 2.82. The van der Waals surface area contributed by atoms with Crippen molar-refractivity contribution in [2.75, 3.05) is 5.32 Å². The second kappa shape index (κ2) is 4.80. The number of aromatic nitrogens is 2. The number of aromatic carboxylic acids is 1. The van der Waals surface area contributed by atoms with Gasteiger partial charge in [-0.25, -0.2) is 9.78 Å². The minimum absolute atomic E-state index is 0.253. The lowest BCUT2D eigenvalue weighted by atomic mass is 10.2. The van der Waals surface area contributed by atoms with E-state index in [4.69, 9.17) is 5.11 Å². The van der Waals surface area contributed by atoms with E-state index in [-0.39, 0.29) is 5.56 Å². The quantitative estimate of drug-likeness (QED) is 0.892. The van der Waals surface area contributed by atoms with Crippen molar-refractivity contribution < 1.29 is 9.90 Å².